The number of anilines is 1. The highest BCUT2D eigenvalue weighted by Gasteiger charge is 2.53. The van der Waals surface area contributed by atoms with E-state index < -0.39 is 5.60 Å². The molecule has 0 fully saturated rings. The number of nitrogens with zero attached hydrogens (tertiary/aromatic N) is 3. The van der Waals surface area contributed by atoms with Gasteiger partial charge in [-0.25, -0.2) is 4.79 Å². The van der Waals surface area contributed by atoms with Crippen LogP contribution in [0.4, 0.5) is 5.69 Å². The van der Waals surface area contributed by atoms with Gasteiger partial charge in [0, 0.05) is 70.5 Å². The molecule has 35 heavy (non-hydrogen) atoms. The molecule has 0 aliphatic carbocycles. The molecule has 4 aromatic rings. The first-order valence-electron chi connectivity index (χ1n) is 12.5. The van der Waals surface area contributed by atoms with Gasteiger partial charge in [-0.1, -0.05) is 24.3 Å². The Hall–Kier alpha value is -3.60. The first-order chi connectivity index (χ1) is 16.9. The molecule has 5 heteroatoms. The number of aryl methyl sites for hydroxylation is 3. The van der Waals surface area contributed by atoms with Gasteiger partial charge in [-0.05, 0) is 71.4 Å². The topological polar surface area (TPSA) is 47.4 Å². The van der Waals surface area contributed by atoms with E-state index in [0.717, 1.165) is 64.2 Å². The van der Waals surface area contributed by atoms with Gasteiger partial charge in [-0.3, -0.25) is 4.98 Å². The van der Waals surface area contributed by atoms with Crippen molar-refractivity contribution in [3.63, 3.8) is 0 Å². The quantitative estimate of drug-likeness (QED) is 0.313. The van der Waals surface area contributed by atoms with Crippen molar-refractivity contribution in [1.82, 2.24) is 9.55 Å². The van der Waals surface area contributed by atoms with Crippen molar-refractivity contribution in [2.45, 2.75) is 53.7 Å². The van der Waals surface area contributed by atoms with E-state index in [4.69, 9.17) is 4.74 Å². The SMILES string of the molecule is CCN(CC)c1ccc(C2(c3c(C)n(CC)c4ccccc34)OC(=O)c3ccnc(C)c32)c(C)c1. The number of rotatable bonds is 6. The van der Waals surface area contributed by atoms with Gasteiger partial charge in [0.05, 0.1) is 5.56 Å². The minimum atomic E-state index is -1.07. The van der Waals surface area contributed by atoms with E-state index in [2.05, 4.69) is 91.5 Å². The number of benzene rings is 2. The minimum absolute atomic E-state index is 0.301. The minimum Gasteiger partial charge on any atom is -0.440 e. The van der Waals surface area contributed by atoms with Gasteiger partial charge in [0.15, 0.2) is 5.60 Å². The number of ether oxygens (including phenoxy) is 1. The van der Waals surface area contributed by atoms with Gasteiger partial charge in [-0.2, -0.15) is 0 Å². The number of para-hydroxylation sites is 1. The van der Waals surface area contributed by atoms with E-state index in [1.165, 1.54) is 5.69 Å². The van der Waals surface area contributed by atoms with Gasteiger partial charge in [0.25, 0.3) is 0 Å². The molecule has 0 N–H and O–H groups in total. The number of hydrogen-bond donors (Lipinski definition) is 0. The zero-order valence-corrected chi connectivity index (χ0v) is 21.5. The lowest BCUT2D eigenvalue weighted by molar-refractivity contribution is 0.0250. The van der Waals surface area contributed by atoms with Crippen molar-refractivity contribution in [2.75, 3.05) is 18.0 Å². The lowest BCUT2D eigenvalue weighted by Gasteiger charge is -2.33. The van der Waals surface area contributed by atoms with Crippen LogP contribution in [0.15, 0.2) is 54.7 Å². The maximum absolute atomic E-state index is 13.4. The number of carbonyl (C=O) groups is 1. The van der Waals surface area contributed by atoms with E-state index in [-0.39, 0.29) is 5.97 Å². The van der Waals surface area contributed by atoms with Crippen LogP contribution in [0.5, 0.6) is 0 Å². The molecule has 1 unspecified atom stereocenters. The van der Waals surface area contributed by atoms with Crippen molar-refractivity contribution in [2.24, 2.45) is 0 Å². The van der Waals surface area contributed by atoms with E-state index in [9.17, 15) is 4.79 Å². The molecule has 0 radical (unpaired) electrons. The van der Waals surface area contributed by atoms with Crippen molar-refractivity contribution in [3.8, 4) is 0 Å². The lowest BCUT2D eigenvalue weighted by atomic mass is 9.76. The summed E-state index contributed by atoms with van der Waals surface area (Å²) in [7, 11) is 0. The molecular weight excluding hydrogens is 434 g/mol. The molecule has 1 aliphatic heterocycles. The standard InChI is InChI=1S/C30H33N3O2/c1-7-32(8-2)22-14-15-25(19(4)18-22)30(27-20(5)31-17-16-24(27)29(34)35-30)28-21(6)33(9-3)26-13-11-10-12-23(26)28/h10-18H,7-9H2,1-6H3. The highest BCUT2D eigenvalue weighted by molar-refractivity contribution is 5.99. The molecule has 0 bridgehead atoms. The summed E-state index contributed by atoms with van der Waals surface area (Å²) in [6, 6.07) is 16.7. The average Bonchev–Trinajstić information content (AvgIpc) is 3.31. The monoisotopic (exact) mass is 467 g/mol. The van der Waals surface area contributed by atoms with Gasteiger partial charge in [0.2, 0.25) is 0 Å². The zero-order valence-electron chi connectivity index (χ0n) is 21.5. The summed E-state index contributed by atoms with van der Waals surface area (Å²) in [6.07, 6.45) is 1.70. The van der Waals surface area contributed by atoms with Crippen LogP contribution in [0.2, 0.25) is 0 Å². The Morgan fingerprint density at radius 3 is 2.40 bits per heavy atom. The summed E-state index contributed by atoms with van der Waals surface area (Å²) >= 11 is 0. The van der Waals surface area contributed by atoms with Gasteiger partial charge >= 0.3 is 5.97 Å². The molecule has 0 saturated carbocycles. The van der Waals surface area contributed by atoms with Crippen LogP contribution >= 0.6 is 0 Å². The first kappa shape index (κ1) is 23.2. The fourth-order valence-electron chi connectivity index (χ4n) is 6.04. The van der Waals surface area contributed by atoms with Crippen LogP contribution in [0, 0.1) is 20.8 Å². The van der Waals surface area contributed by atoms with Crippen LogP contribution in [0.25, 0.3) is 10.9 Å². The number of pyridine rings is 1. The average molecular weight is 468 g/mol. The highest BCUT2D eigenvalue weighted by atomic mass is 16.6. The third kappa shape index (κ3) is 3.21. The molecular formula is C30H33N3O2. The Kier molecular flexibility index (Phi) is 5.66. The summed E-state index contributed by atoms with van der Waals surface area (Å²) in [5.41, 5.74) is 7.71. The van der Waals surface area contributed by atoms with Gasteiger partial charge < -0.3 is 14.2 Å². The Labute approximate surface area is 207 Å². The normalized spacial score (nSPS) is 17.0. The Morgan fingerprint density at radius 2 is 1.71 bits per heavy atom. The highest BCUT2D eigenvalue weighted by Crippen LogP contribution is 2.52. The van der Waals surface area contributed by atoms with Crippen LogP contribution in [0.1, 0.15) is 64.8 Å². The van der Waals surface area contributed by atoms with Crippen LogP contribution in [0.3, 0.4) is 0 Å². The third-order valence-corrected chi connectivity index (χ3v) is 7.58. The molecule has 0 spiro atoms. The summed E-state index contributed by atoms with van der Waals surface area (Å²) < 4.78 is 8.86. The Balaban J connectivity index is 1.91. The molecule has 2 aromatic carbocycles. The number of cyclic esters (lactones) is 1. The van der Waals surface area contributed by atoms with E-state index in [1.807, 2.05) is 6.92 Å². The van der Waals surface area contributed by atoms with Crippen LogP contribution in [-0.2, 0) is 16.9 Å². The molecule has 0 amide bonds. The molecule has 5 rings (SSSR count). The van der Waals surface area contributed by atoms with Crippen molar-refractivity contribution >= 4 is 22.6 Å². The predicted octanol–water partition coefficient (Wildman–Crippen LogP) is 6.29. The van der Waals surface area contributed by atoms with Crippen molar-refractivity contribution in [3.05, 3.63) is 93.9 Å². The van der Waals surface area contributed by atoms with Crippen LogP contribution in [-0.4, -0.2) is 28.6 Å². The molecule has 3 heterocycles. The zero-order chi connectivity index (χ0) is 24.9. The fraction of sp³-hybridized carbons (Fsp3) is 0.333. The predicted molar refractivity (Wildman–Crippen MR) is 141 cm³/mol. The smallest absolute Gasteiger partial charge is 0.340 e. The van der Waals surface area contributed by atoms with E-state index in [0.29, 0.717) is 5.56 Å². The summed E-state index contributed by atoms with van der Waals surface area (Å²) in [5, 5.41) is 1.10. The van der Waals surface area contributed by atoms with Gasteiger partial charge in [0.1, 0.15) is 0 Å². The number of hydrogen-bond acceptors (Lipinski definition) is 4. The molecule has 180 valence electrons. The van der Waals surface area contributed by atoms with Crippen LogP contribution < -0.4 is 4.90 Å². The van der Waals surface area contributed by atoms with Crippen molar-refractivity contribution < 1.29 is 9.53 Å². The molecule has 5 nitrogen and oxygen atoms in total. The van der Waals surface area contributed by atoms with Gasteiger partial charge in [-0.15, -0.1) is 0 Å². The summed E-state index contributed by atoms with van der Waals surface area (Å²) in [4.78, 5) is 20.4. The first-order valence-corrected chi connectivity index (χ1v) is 12.5. The van der Waals surface area contributed by atoms with E-state index >= 15 is 0 Å². The third-order valence-electron chi connectivity index (χ3n) is 7.58. The Bertz CT molecular complexity index is 1450. The second-order valence-electron chi connectivity index (χ2n) is 9.28. The molecule has 0 saturated heterocycles. The maximum atomic E-state index is 13.4. The molecule has 1 atom stereocenters. The lowest BCUT2D eigenvalue weighted by Crippen LogP contribution is -2.32. The number of fused-ring (bicyclic) bond motifs is 2. The summed E-state index contributed by atoms with van der Waals surface area (Å²) in [5.74, 6) is -0.301. The number of aromatic nitrogens is 2. The van der Waals surface area contributed by atoms with E-state index in [1.54, 1.807) is 12.3 Å². The number of esters is 1. The fourth-order valence-corrected chi connectivity index (χ4v) is 6.04. The maximum Gasteiger partial charge on any atom is 0.340 e. The molecule has 1 aliphatic rings. The van der Waals surface area contributed by atoms with Crippen molar-refractivity contribution in [1.29, 1.82) is 0 Å². The Morgan fingerprint density at radius 1 is 0.971 bits per heavy atom. The molecule has 2 aromatic heterocycles. The second kappa shape index (κ2) is 8.56. The number of carbonyl (C=O) groups excluding carboxylic acids is 1. The summed E-state index contributed by atoms with van der Waals surface area (Å²) in [6.45, 7) is 15.4. The largest absolute Gasteiger partial charge is 0.440 e. The second-order valence-corrected chi connectivity index (χ2v) is 9.28.